The van der Waals surface area contributed by atoms with E-state index in [4.69, 9.17) is 13.6 Å². The molecule has 0 bridgehead atoms. The fourth-order valence-electron chi connectivity index (χ4n) is 11.5. The van der Waals surface area contributed by atoms with Gasteiger partial charge in [-0.05, 0) is 101 Å². The van der Waals surface area contributed by atoms with Crippen LogP contribution in [0.25, 0.3) is 6.08 Å². The van der Waals surface area contributed by atoms with Crippen LogP contribution in [-0.2, 0) is 20.2 Å². The van der Waals surface area contributed by atoms with Crippen LogP contribution in [0.2, 0.25) is 10.1 Å². The highest BCUT2D eigenvalue weighted by Crippen LogP contribution is 2.44. The van der Waals surface area contributed by atoms with Gasteiger partial charge >= 0.3 is 0 Å². The fraction of sp³-hybridized carbons (Fsp3) is 0.358. The first-order chi connectivity index (χ1) is 35.3. The molecule has 1 aliphatic rings. The van der Waals surface area contributed by atoms with Crippen molar-refractivity contribution >= 4 is 49.1 Å². The van der Waals surface area contributed by atoms with E-state index < -0.39 is 16.6 Å². The molecular formula is C67H82N2O3Si2. The molecule has 0 aliphatic heterocycles. The van der Waals surface area contributed by atoms with E-state index in [1.807, 2.05) is 0 Å². The van der Waals surface area contributed by atoms with Gasteiger partial charge in [-0.1, -0.05) is 247 Å². The molecule has 7 rings (SSSR count). The number of hydrogen-bond acceptors (Lipinski definition) is 5. The SMILES string of the molecule is CC(C)c1cccc(C(C)C)c1COC1=C(/C=C/c2ccc(N(CCO[Si](c3ccccc3)(c3ccccc3)C(C)(C)C)CCO[Si](c3ccccc3)(c3ccccc3)C(C)(C)C)cc2)CC(C)(C)C/C1=C\C#N. The van der Waals surface area contributed by atoms with Gasteiger partial charge in [0.2, 0.25) is 0 Å². The summed E-state index contributed by atoms with van der Waals surface area (Å²) in [4.78, 5) is 2.46. The minimum absolute atomic E-state index is 0.0361. The van der Waals surface area contributed by atoms with Crippen molar-refractivity contribution < 1.29 is 13.6 Å². The van der Waals surface area contributed by atoms with E-state index >= 15 is 0 Å². The van der Waals surface area contributed by atoms with Gasteiger partial charge < -0.3 is 18.5 Å². The smallest absolute Gasteiger partial charge is 0.261 e. The van der Waals surface area contributed by atoms with Crippen molar-refractivity contribution in [2.45, 2.75) is 124 Å². The van der Waals surface area contributed by atoms with Crippen LogP contribution in [0.3, 0.4) is 0 Å². The van der Waals surface area contributed by atoms with Crippen LogP contribution in [0, 0.1) is 16.7 Å². The number of rotatable bonds is 20. The summed E-state index contributed by atoms with van der Waals surface area (Å²) in [6.07, 6.45) is 7.74. The molecule has 5 nitrogen and oxygen atoms in total. The van der Waals surface area contributed by atoms with Crippen LogP contribution in [0.5, 0.6) is 0 Å². The Bertz CT molecular complexity index is 2670. The van der Waals surface area contributed by atoms with Crippen molar-refractivity contribution in [2.75, 3.05) is 31.2 Å². The molecule has 0 amide bonds. The van der Waals surface area contributed by atoms with Crippen molar-refractivity contribution in [1.29, 1.82) is 5.26 Å². The summed E-state index contributed by atoms with van der Waals surface area (Å²) < 4.78 is 22.0. The molecule has 0 unspecified atom stereocenters. The molecule has 0 radical (unpaired) electrons. The highest BCUT2D eigenvalue weighted by Gasteiger charge is 2.51. The van der Waals surface area contributed by atoms with Crippen LogP contribution in [-0.4, -0.2) is 42.9 Å². The zero-order chi connectivity index (χ0) is 53.2. The number of anilines is 1. The van der Waals surface area contributed by atoms with Gasteiger partial charge in [0.1, 0.15) is 12.4 Å². The van der Waals surface area contributed by atoms with Crippen molar-refractivity contribution in [1.82, 2.24) is 0 Å². The van der Waals surface area contributed by atoms with Crippen molar-refractivity contribution in [3.63, 3.8) is 0 Å². The summed E-state index contributed by atoms with van der Waals surface area (Å²) in [5, 5.41) is 14.8. The molecule has 0 saturated heterocycles. The third-order valence-corrected chi connectivity index (χ3v) is 25.0. The molecular weight excluding hydrogens is 937 g/mol. The normalized spacial score (nSPS) is 15.0. The van der Waals surface area contributed by atoms with Gasteiger partial charge in [-0.2, -0.15) is 5.26 Å². The van der Waals surface area contributed by atoms with Gasteiger partial charge in [0, 0.05) is 30.4 Å². The van der Waals surface area contributed by atoms with Crippen LogP contribution < -0.4 is 25.6 Å². The Hall–Kier alpha value is -6.02. The van der Waals surface area contributed by atoms with E-state index in [-0.39, 0.29) is 15.5 Å². The van der Waals surface area contributed by atoms with Crippen LogP contribution in [0.1, 0.15) is 130 Å². The standard InChI is InChI=1S/C67H82N2O3Si2/c1-51(2)61-34-25-35-62(52(3)4)63(61)50-70-64-54(48-67(11,12)49-55(64)42-43-68)39-36-53-37-40-56(41-38-53)69(44-46-71-73(65(5,6)7,57-26-17-13-18-27-57)58-28-19-14-20-29-58)45-47-72-74(66(8,9)10,59-30-21-15-22-31-59)60-32-23-16-24-33-60/h13-42,51-52H,44-50H2,1-12H3/b39-36+,55-42+. The average molecular weight is 1020 g/mol. The molecule has 7 heteroatoms. The van der Waals surface area contributed by atoms with Gasteiger partial charge in [0.05, 0.1) is 19.3 Å². The van der Waals surface area contributed by atoms with E-state index in [0.29, 0.717) is 44.7 Å². The second-order valence-corrected chi connectivity index (χ2v) is 32.2. The van der Waals surface area contributed by atoms with Crippen LogP contribution >= 0.6 is 0 Å². The third-order valence-electron chi connectivity index (χ3n) is 14.9. The lowest BCUT2D eigenvalue weighted by molar-refractivity contribution is 0.183. The van der Waals surface area contributed by atoms with E-state index in [2.05, 4.69) is 270 Å². The van der Waals surface area contributed by atoms with Crippen molar-refractivity contribution in [2.24, 2.45) is 5.41 Å². The summed E-state index contributed by atoms with van der Waals surface area (Å²) in [5.74, 6) is 1.56. The van der Waals surface area contributed by atoms with Crippen LogP contribution in [0.4, 0.5) is 5.69 Å². The van der Waals surface area contributed by atoms with Crippen molar-refractivity contribution in [3.8, 4) is 6.07 Å². The molecule has 0 atom stereocenters. The van der Waals surface area contributed by atoms with Crippen LogP contribution in [0.15, 0.2) is 193 Å². The summed E-state index contributed by atoms with van der Waals surface area (Å²) in [5.41, 5.74) is 8.13. The first-order valence-corrected chi connectivity index (χ1v) is 30.7. The molecule has 0 N–H and O–H groups in total. The largest absolute Gasteiger partial charge is 0.488 e. The number of nitrogens with zero attached hydrogens (tertiary/aromatic N) is 2. The Labute approximate surface area is 447 Å². The Morgan fingerprint density at radius 3 is 1.36 bits per heavy atom. The highest BCUT2D eigenvalue weighted by molar-refractivity contribution is 7.00. The second-order valence-electron chi connectivity index (χ2n) is 23.6. The first kappa shape index (κ1) is 55.7. The molecule has 6 aromatic carbocycles. The quantitative estimate of drug-likeness (QED) is 0.0563. The molecule has 386 valence electrons. The summed E-state index contributed by atoms with van der Waals surface area (Å²) in [6.45, 7) is 30.5. The molecule has 74 heavy (non-hydrogen) atoms. The van der Waals surface area contributed by atoms with E-state index in [9.17, 15) is 5.26 Å². The molecule has 0 heterocycles. The Kier molecular flexibility index (Phi) is 18.2. The van der Waals surface area contributed by atoms with Gasteiger partial charge in [-0.3, -0.25) is 0 Å². The monoisotopic (exact) mass is 1020 g/mol. The predicted molar refractivity (Wildman–Crippen MR) is 318 cm³/mol. The minimum Gasteiger partial charge on any atom is -0.488 e. The Morgan fingerprint density at radius 2 is 0.986 bits per heavy atom. The second kappa shape index (κ2) is 24.1. The maximum atomic E-state index is 10.0. The third kappa shape index (κ3) is 12.6. The summed E-state index contributed by atoms with van der Waals surface area (Å²) >= 11 is 0. The van der Waals surface area contributed by atoms with E-state index in [1.165, 1.54) is 37.4 Å². The van der Waals surface area contributed by atoms with Gasteiger partial charge in [0.25, 0.3) is 16.6 Å². The highest BCUT2D eigenvalue weighted by atomic mass is 28.4. The lowest BCUT2D eigenvalue weighted by Gasteiger charge is -2.44. The van der Waals surface area contributed by atoms with Gasteiger partial charge in [-0.15, -0.1) is 0 Å². The van der Waals surface area contributed by atoms with E-state index in [0.717, 1.165) is 41.0 Å². The maximum Gasteiger partial charge on any atom is 0.261 e. The summed E-state index contributed by atoms with van der Waals surface area (Å²) in [6, 6.07) is 61.6. The Balaban J connectivity index is 1.23. The van der Waals surface area contributed by atoms with E-state index in [1.54, 1.807) is 6.08 Å². The first-order valence-electron chi connectivity index (χ1n) is 26.9. The number of nitriles is 1. The zero-order valence-corrected chi connectivity index (χ0v) is 48.5. The Morgan fingerprint density at radius 1 is 0.568 bits per heavy atom. The molecule has 6 aromatic rings. The van der Waals surface area contributed by atoms with Gasteiger partial charge in [0.15, 0.2) is 0 Å². The number of benzene rings is 6. The molecule has 0 fully saturated rings. The van der Waals surface area contributed by atoms with Crippen molar-refractivity contribution in [3.05, 3.63) is 215 Å². The lowest BCUT2D eigenvalue weighted by Crippen LogP contribution is -2.67. The minimum atomic E-state index is -2.79. The number of allylic oxidation sites excluding steroid dienone is 4. The predicted octanol–water partition coefficient (Wildman–Crippen LogP) is 14.6. The maximum absolute atomic E-state index is 10.0. The van der Waals surface area contributed by atoms with Gasteiger partial charge in [-0.25, -0.2) is 0 Å². The lowest BCUT2D eigenvalue weighted by atomic mass is 9.74. The topological polar surface area (TPSA) is 54.7 Å². The zero-order valence-electron chi connectivity index (χ0n) is 46.5. The average Bonchev–Trinajstić information content (AvgIpc) is 3.37. The number of hydrogen-bond donors (Lipinski definition) is 0. The fourth-order valence-corrected chi connectivity index (χ4v) is 20.6. The molecule has 1 aliphatic carbocycles. The molecule has 0 spiro atoms. The summed E-state index contributed by atoms with van der Waals surface area (Å²) in [7, 11) is -5.58. The molecule has 0 saturated carbocycles. The molecule has 0 aromatic heterocycles. The number of ether oxygens (including phenoxy) is 1.